The first kappa shape index (κ1) is 23.3. The Hall–Kier alpha value is -3.84. The molecule has 0 bridgehead atoms. The van der Waals surface area contributed by atoms with Gasteiger partial charge in [0.1, 0.15) is 11.2 Å². The molecule has 5 aromatic carbocycles. The number of furan rings is 1. The van der Waals surface area contributed by atoms with Gasteiger partial charge in [0.15, 0.2) is 0 Å². The van der Waals surface area contributed by atoms with E-state index in [9.17, 15) is 0 Å². The van der Waals surface area contributed by atoms with Crippen molar-refractivity contribution in [3.8, 4) is 22.3 Å². The summed E-state index contributed by atoms with van der Waals surface area (Å²) in [5, 5.41) is 4.82. The molecule has 0 N–H and O–H groups in total. The zero-order chi connectivity index (χ0) is 24.1. The van der Waals surface area contributed by atoms with E-state index >= 15 is 0 Å². The lowest BCUT2D eigenvalue weighted by molar-refractivity contribution is 0.670. The summed E-state index contributed by atoms with van der Waals surface area (Å²) in [6, 6.07) is 36.6. The van der Waals surface area contributed by atoms with Gasteiger partial charge in [-0.15, -0.1) is 0 Å². The predicted octanol–water partition coefficient (Wildman–Crippen LogP) is 10.4. The van der Waals surface area contributed by atoms with Crippen molar-refractivity contribution in [2.75, 3.05) is 0 Å². The lowest BCUT2D eigenvalue weighted by atomic mass is 9.91. The average molecular weight is 445 g/mol. The Bertz CT molecular complexity index is 1530. The maximum absolute atomic E-state index is 6.31. The highest BCUT2D eigenvalue weighted by molar-refractivity contribution is 6.13. The van der Waals surface area contributed by atoms with E-state index in [0.717, 1.165) is 27.5 Å². The lowest BCUT2D eigenvalue weighted by Crippen LogP contribution is -1.87. The van der Waals surface area contributed by atoms with E-state index in [2.05, 4.69) is 97.9 Å². The summed E-state index contributed by atoms with van der Waals surface area (Å²) < 4.78 is 6.31. The molecule has 1 aromatic heterocycles. The van der Waals surface area contributed by atoms with E-state index in [-0.39, 0.29) is 0 Å². The Morgan fingerprint density at radius 3 is 1.71 bits per heavy atom. The van der Waals surface area contributed by atoms with E-state index in [1.807, 2.05) is 39.8 Å². The molecule has 1 nitrogen and oxygen atoms in total. The smallest absolute Gasteiger partial charge is 0.143 e. The van der Waals surface area contributed by atoms with E-state index in [1.165, 1.54) is 33.0 Å². The minimum absolute atomic E-state index is 0.931. The van der Waals surface area contributed by atoms with Crippen molar-refractivity contribution in [3.63, 3.8) is 0 Å². The standard InChI is InChI=1S/C29H20O.2C2H6/c1-19-13-15-20(16-14-19)21-17-18-24(23-8-3-2-7-22(21)23)26-10-6-11-27-25-9-4-5-12-28(25)30-29(26)27;2*1-2/h2-18H,1H3;2*1-2H3. The number of hydrogen-bond acceptors (Lipinski definition) is 1. The Morgan fingerprint density at radius 1 is 0.441 bits per heavy atom. The summed E-state index contributed by atoms with van der Waals surface area (Å²) >= 11 is 0. The third-order valence-corrected chi connectivity index (χ3v) is 5.98. The van der Waals surface area contributed by atoms with Crippen molar-refractivity contribution in [1.29, 1.82) is 0 Å². The minimum Gasteiger partial charge on any atom is -0.455 e. The minimum atomic E-state index is 0.931. The van der Waals surface area contributed by atoms with Crippen LogP contribution >= 0.6 is 0 Å². The van der Waals surface area contributed by atoms with Gasteiger partial charge >= 0.3 is 0 Å². The lowest BCUT2D eigenvalue weighted by Gasteiger charge is -2.12. The van der Waals surface area contributed by atoms with Crippen molar-refractivity contribution in [1.82, 2.24) is 0 Å². The Labute approximate surface area is 202 Å². The van der Waals surface area contributed by atoms with Crippen LogP contribution < -0.4 is 0 Å². The molecule has 34 heavy (non-hydrogen) atoms. The topological polar surface area (TPSA) is 13.1 Å². The van der Waals surface area contributed by atoms with E-state index in [1.54, 1.807) is 0 Å². The van der Waals surface area contributed by atoms with Gasteiger partial charge in [0.05, 0.1) is 0 Å². The number of rotatable bonds is 2. The maximum atomic E-state index is 6.31. The van der Waals surface area contributed by atoms with Gasteiger partial charge in [-0.3, -0.25) is 0 Å². The van der Waals surface area contributed by atoms with Crippen LogP contribution in [0.1, 0.15) is 33.3 Å². The summed E-state index contributed by atoms with van der Waals surface area (Å²) in [5.74, 6) is 0. The van der Waals surface area contributed by atoms with Crippen LogP contribution in [-0.2, 0) is 0 Å². The highest BCUT2D eigenvalue weighted by Gasteiger charge is 2.15. The number of aryl methyl sites for hydroxylation is 1. The normalized spacial score (nSPS) is 10.5. The van der Waals surface area contributed by atoms with Crippen molar-refractivity contribution in [2.45, 2.75) is 34.6 Å². The molecule has 1 heterocycles. The summed E-state index contributed by atoms with van der Waals surface area (Å²) in [4.78, 5) is 0. The number of para-hydroxylation sites is 2. The molecule has 0 spiro atoms. The van der Waals surface area contributed by atoms with Gasteiger partial charge in [0.2, 0.25) is 0 Å². The maximum Gasteiger partial charge on any atom is 0.143 e. The fourth-order valence-electron chi connectivity index (χ4n) is 4.48. The van der Waals surface area contributed by atoms with Gasteiger partial charge in [-0.2, -0.15) is 0 Å². The summed E-state index contributed by atoms with van der Waals surface area (Å²) in [6.07, 6.45) is 0. The van der Waals surface area contributed by atoms with Crippen LogP contribution in [0, 0.1) is 6.92 Å². The number of hydrogen-bond donors (Lipinski definition) is 0. The Balaban J connectivity index is 0.000000652. The molecule has 0 amide bonds. The van der Waals surface area contributed by atoms with Crippen LogP contribution in [0.15, 0.2) is 108 Å². The van der Waals surface area contributed by atoms with Crippen LogP contribution in [0.3, 0.4) is 0 Å². The first-order valence-corrected chi connectivity index (χ1v) is 12.3. The first-order chi connectivity index (χ1) is 16.8. The highest BCUT2D eigenvalue weighted by Crippen LogP contribution is 2.40. The van der Waals surface area contributed by atoms with Gasteiger partial charge in [-0.05, 0) is 40.5 Å². The monoisotopic (exact) mass is 444 g/mol. The van der Waals surface area contributed by atoms with Gasteiger partial charge in [0, 0.05) is 16.3 Å². The second-order valence-corrected chi connectivity index (χ2v) is 7.85. The van der Waals surface area contributed by atoms with Crippen LogP contribution in [0.4, 0.5) is 0 Å². The van der Waals surface area contributed by atoms with Crippen LogP contribution in [-0.4, -0.2) is 0 Å². The van der Waals surface area contributed by atoms with E-state index in [0.29, 0.717) is 0 Å². The molecule has 0 radical (unpaired) electrons. The predicted molar refractivity (Wildman–Crippen MR) is 150 cm³/mol. The summed E-state index contributed by atoms with van der Waals surface area (Å²) in [7, 11) is 0. The largest absolute Gasteiger partial charge is 0.455 e. The molecular formula is C33H32O. The zero-order valence-electron chi connectivity index (χ0n) is 20.7. The Kier molecular flexibility index (Phi) is 7.13. The second-order valence-electron chi connectivity index (χ2n) is 7.85. The Morgan fingerprint density at radius 2 is 1.00 bits per heavy atom. The molecule has 0 saturated heterocycles. The third-order valence-electron chi connectivity index (χ3n) is 5.98. The molecule has 0 aliphatic rings. The van der Waals surface area contributed by atoms with Gasteiger partial charge in [-0.25, -0.2) is 0 Å². The second kappa shape index (κ2) is 10.4. The third kappa shape index (κ3) is 4.10. The fraction of sp³-hybridized carbons (Fsp3) is 0.152. The summed E-state index contributed by atoms with van der Waals surface area (Å²) in [6.45, 7) is 10.1. The average Bonchev–Trinajstić information content (AvgIpc) is 3.30. The van der Waals surface area contributed by atoms with Crippen molar-refractivity contribution < 1.29 is 4.42 Å². The number of benzene rings is 5. The molecule has 0 aliphatic carbocycles. The van der Waals surface area contributed by atoms with Crippen molar-refractivity contribution >= 4 is 32.7 Å². The van der Waals surface area contributed by atoms with Crippen LogP contribution in [0.2, 0.25) is 0 Å². The number of fused-ring (bicyclic) bond motifs is 4. The molecule has 0 atom stereocenters. The quantitative estimate of drug-likeness (QED) is 0.259. The molecule has 1 heteroatoms. The van der Waals surface area contributed by atoms with Crippen molar-refractivity contribution in [3.05, 3.63) is 109 Å². The first-order valence-electron chi connectivity index (χ1n) is 12.3. The van der Waals surface area contributed by atoms with Crippen molar-refractivity contribution in [2.24, 2.45) is 0 Å². The molecule has 0 aliphatic heterocycles. The van der Waals surface area contributed by atoms with Crippen LogP contribution in [0.25, 0.3) is 55.0 Å². The molecule has 0 fully saturated rings. The van der Waals surface area contributed by atoms with Gasteiger partial charge in [0.25, 0.3) is 0 Å². The highest BCUT2D eigenvalue weighted by atomic mass is 16.3. The molecule has 6 rings (SSSR count). The molecule has 0 unspecified atom stereocenters. The van der Waals surface area contributed by atoms with E-state index in [4.69, 9.17) is 4.42 Å². The summed E-state index contributed by atoms with van der Waals surface area (Å²) in [5.41, 5.74) is 7.99. The van der Waals surface area contributed by atoms with Gasteiger partial charge in [-0.1, -0.05) is 130 Å². The van der Waals surface area contributed by atoms with E-state index < -0.39 is 0 Å². The zero-order valence-corrected chi connectivity index (χ0v) is 20.7. The fourth-order valence-corrected chi connectivity index (χ4v) is 4.48. The van der Waals surface area contributed by atoms with Crippen LogP contribution in [0.5, 0.6) is 0 Å². The van der Waals surface area contributed by atoms with Gasteiger partial charge < -0.3 is 4.42 Å². The molecule has 170 valence electrons. The molecule has 0 saturated carbocycles. The molecular weight excluding hydrogens is 412 g/mol. The molecule has 6 aromatic rings. The SMILES string of the molecule is CC.CC.Cc1ccc(-c2ccc(-c3cccc4c3oc3ccccc34)c3ccccc23)cc1.